The van der Waals surface area contributed by atoms with Crippen LogP contribution < -0.4 is 20.7 Å². The largest absolute Gasteiger partial charge is 0.496 e. The second-order valence-corrected chi connectivity index (χ2v) is 17.3. The van der Waals surface area contributed by atoms with Gasteiger partial charge in [-0.2, -0.15) is 5.06 Å². The molecule has 2 aromatic rings. The molecule has 0 radical (unpaired) electrons. The Hall–Kier alpha value is -3.55. The first kappa shape index (κ1) is 41.6. The van der Waals surface area contributed by atoms with E-state index >= 15 is 0 Å². The lowest BCUT2D eigenvalue weighted by molar-refractivity contribution is -0.183. The van der Waals surface area contributed by atoms with Crippen molar-refractivity contribution in [2.75, 3.05) is 39.7 Å². The van der Waals surface area contributed by atoms with Crippen LogP contribution in [0.2, 0.25) is 0 Å². The highest BCUT2D eigenvalue weighted by Gasteiger charge is 2.57. The van der Waals surface area contributed by atoms with E-state index in [-0.39, 0.29) is 48.4 Å². The van der Waals surface area contributed by atoms with Crippen LogP contribution in [0.5, 0.6) is 5.75 Å². The van der Waals surface area contributed by atoms with E-state index < -0.39 is 24.2 Å². The molecule has 3 amide bonds. The lowest BCUT2D eigenvalue weighted by Gasteiger charge is -2.62. The normalized spacial score (nSPS) is 27.3. The molecule has 1 aliphatic heterocycles. The van der Waals surface area contributed by atoms with Gasteiger partial charge in [-0.15, -0.1) is 0 Å². The number of methoxy groups -OCH3 is 1. The number of nitrogens with one attached hydrogen (secondary N) is 3. The van der Waals surface area contributed by atoms with E-state index in [1.54, 1.807) is 37.3 Å². The van der Waals surface area contributed by atoms with Crippen molar-refractivity contribution in [1.29, 1.82) is 0 Å². The summed E-state index contributed by atoms with van der Waals surface area (Å²) < 4.78 is 6.03. The first-order valence-corrected chi connectivity index (χ1v) is 19.5. The van der Waals surface area contributed by atoms with E-state index in [0.29, 0.717) is 63.9 Å². The van der Waals surface area contributed by atoms with Crippen molar-refractivity contribution in [1.82, 2.24) is 20.6 Å². The third kappa shape index (κ3) is 8.94. The minimum atomic E-state index is -0.925. The van der Waals surface area contributed by atoms with E-state index in [4.69, 9.17) is 9.57 Å². The van der Waals surface area contributed by atoms with Gasteiger partial charge in [0, 0.05) is 53.8 Å². The van der Waals surface area contributed by atoms with E-state index in [0.717, 1.165) is 12.8 Å². The molecular weight excluding hydrogens is 686 g/mol. The molecule has 298 valence electrons. The van der Waals surface area contributed by atoms with Crippen LogP contribution in [0.25, 0.3) is 11.1 Å². The molecule has 3 saturated carbocycles. The van der Waals surface area contributed by atoms with Gasteiger partial charge in [-0.05, 0) is 93.1 Å². The van der Waals surface area contributed by atoms with E-state index in [1.807, 2.05) is 37.2 Å². The SMILES string of the molecule is COc1c(CN2O[C@@H](CO)[C@H]([C@H](C)O)[C@H]2C(=O)N[C@H]2C[C@H]3C[C@@H]([C@@H]2C)C3(C)C)cccc1-c1cc(NC(C)=O)cc(C(=O)N[C@H](CC(C)C)CN(C)C)c1. The number of nitrogens with zero attached hydrogens (tertiary/aromatic N) is 2. The maximum absolute atomic E-state index is 14.3. The first-order valence-electron chi connectivity index (χ1n) is 19.5. The maximum atomic E-state index is 14.3. The number of carbonyl (C=O) groups excluding carboxylic acids is 3. The molecule has 2 bridgehead atoms. The summed E-state index contributed by atoms with van der Waals surface area (Å²) in [5.74, 6) is 0.870. The molecule has 12 heteroatoms. The Balaban J connectivity index is 1.46. The third-order valence-corrected chi connectivity index (χ3v) is 12.2. The number of aliphatic hydroxyl groups is 2. The Morgan fingerprint density at radius 1 is 1.11 bits per heavy atom. The number of anilines is 1. The van der Waals surface area contributed by atoms with Gasteiger partial charge >= 0.3 is 0 Å². The van der Waals surface area contributed by atoms with Gasteiger partial charge in [-0.25, -0.2) is 0 Å². The monoisotopic (exact) mass is 749 g/mol. The summed E-state index contributed by atoms with van der Waals surface area (Å²) >= 11 is 0. The predicted octanol–water partition coefficient (Wildman–Crippen LogP) is 4.69. The van der Waals surface area contributed by atoms with Crippen molar-refractivity contribution >= 4 is 23.4 Å². The second kappa shape index (κ2) is 17.1. The fourth-order valence-corrected chi connectivity index (χ4v) is 9.48. The molecule has 3 aliphatic carbocycles. The number of carbonyl (C=O) groups is 3. The van der Waals surface area contributed by atoms with Crippen LogP contribution >= 0.6 is 0 Å². The Morgan fingerprint density at radius 3 is 2.41 bits per heavy atom. The number of aliphatic hydroxyl groups excluding tert-OH is 2. The van der Waals surface area contributed by atoms with E-state index in [2.05, 4.69) is 50.6 Å². The van der Waals surface area contributed by atoms with Crippen molar-refractivity contribution in [2.24, 2.45) is 35.0 Å². The molecule has 6 rings (SSSR count). The molecule has 5 N–H and O–H groups in total. The molecule has 1 saturated heterocycles. The van der Waals surface area contributed by atoms with E-state index in [9.17, 15) is 24.6 Å². The molecule has 2 aromatic carbocycles. The van der Waals surface area contributed by atoms with Gasteiger partial charge in [0.2, 0.25) is 11.8 Å². The van der Waals surface area contributed by atoms with Gasteiger partial charge in [0.1, 0.15) is 17.9 Å². The number of hydrogen-bond donors (Lipinski definition) is 5. The van der Waals surface area contributed by atoms with Crippen LogP contribution in [0.1, 0.15) is 83.7 Å². The van der Waals surface area contributed by atoms with Crippen LogP contribution in [0.15, 0.2) is 36.4 Å². The van der Waals surface area contributed by atoms with Crippen molar-refractivity contribution in [3.05, 3.63) is 47.5 Å². The van der Waals surface area contributed by atoms with Gasteiger partial charge in [0.05, 0.1) is 26.4 Å². The molecule has 0 spiro atoms. The van der Waals surface area contributed by atoms with Gasteiger partial charge in [0.15, 0.2) is 0 Å². The molecule has 9 atom stereocenters. The van der Waals surface area contributed by atoms with Crippen LogP contribution in [0.4, 0.5) is 5.69 Å². The summed E-state index contributed by atoms with van der Waals surface area (Å²) in [6.07, 6.45) is 1.20. The molecule has 0 aromatic heterocycles. The smallest absolute Gasteiger partial charge is 0.251 e. The third-order valence-electron chi connectivity index (χ3n) is 12.2. The highest BCUT2D eigenvalue weighted by Crippen LogP contribution is 2.61. The first-order chi connectivity index (χ1) is 25.4. The highest BCUT2D eigenvalue weighted by molar-refractivity contribution is 5.99. The average molecular weight is 750 g/mol. The van der Waals surface area contributed by atoms with Crippen molar-refractivity contribution in [3.8, 4) is 16.9 Å². The summed E-state index contributed by atoms with van der Waals surface area (Å²) in [5.41, 5.74) is 3.14. The number of para-hydroxylation sites is 1. The topological polar surface area (TPSA) is 153 Å². The number of rotatable bonds is 15. The van der Waals surface area contributed by atoms with Crippen LogP contribution in [-0.2, 0) is 21.0 Å². The Morgan fingerprint density at radius 2 is 1.83 bits per heavy atom. The molecule has 12 nitrogen and oxygen atoms in total. The number of likely N-dealkylation sites (N-methyl/N-ethyl adjacent to an activating group) is 1. The van der Waals surface area contributed by atoms with E-state index in [1.165, 1.54) is 13.3 Å². The summed E-state index contributed by atoms with van der Waals surface area (Å²) in [6, 6.07) is 9.96. The Labute approximate surface area is 321 Å². The molecule has 0 unspecified atom stereocenters. The lowest BCUT2D eigenvalue weighted by atomic mass is 9.45. The zero-order chi connectivity index (χ0) is 39.6. The quantitative estimate of drug-likeness (QED) is 0.175. The zero-order valence-electron chi connectivity index (χ0n) is 33.8. The number of fused-ring (bicyclic) bond motifs is 2. The van der Waals surface area contributed by atoms with Gasteiger partial charge in [-0.3, -0.25) is 19.2 Å². The van der Waals surface area contributed by atoms with Gasteiger partial charge < -0.3 is 35.8 Å². The number of amides is 3. The lowest BCUT2D eigenvalue weighted by Crippen LogP contribution is -2.62. The van der Waals surface area contributed by atoms with Crippen LogP contribution in [0.3, 0.4) is 0 Å². The number of ether oxygens (including phenoxy) is 1. The summed E-state index contributed by atoms with van der Waals surface area (Å²) in [5, 5.41) is 32.2. The summed E-state index contributed by atoms with van der Waals surface area (Å²) in [6.45, 7) is 14.6. The standard InChI is InChI=1S/C42H63N5O7/c1-23(2)14-32(21-46(8)9)44-40(51)29-15-28(16-31(17-29)43-26(5)50)33-13-11-12-27(39(33)53-10)20-47-38(37(25(4)49)36(22-48)54-47)41(52)45-35-19-30-18-34(24(35)3)42(30,6)7/h11-13,15-17,23-25,30,32,34-38,48-49H,14,18-22H2,1-10H3,(H,43,50)(H,44,51)(H,45,52)/t24-,25-,30+,32+,34-,35-,36-,37-,38-/m0/s1. The number of benzene rings is 2. The highest BCUT2D eigenvalue weighted by atomic mass is 16.7. The fraction of sp³-hybridized carbons (Fsp3) is 0.643. The number of hydrogen-bond acceptors (Lipinski definition) is 9. The molecule has 4 fully saturated rings. The van der Waals surface area contributed by atoms with Crippen LogP contribution in [-0.4, -0.2) is 103 Å². The van der Waals surface area contributed by atoms with Crippen molar-refractivity contribution in [2.45, 2.75) is 105 Å². The zero-order valence-corrected chi connectivity index (χ0v) is 33.8. The Bertz CT molecular complexity index is 1650. The van der Waals surface area contributed by atoms with Gasteiger partial charge in [-0.1, -0.05) is 52.8 Å². The maximum Gasteiger partial charge on any atom is 0.251 e. The van der Waals surface area contributed by atoms with Crippen LogP contribution in [0, 0.1) is 35.0 Å². The minimum absolute atomic E-state index is 0.0163. The number of hydroxylamine groups is 2. The molecule has 1 heterocycles. The molecular formula is C42H63N5O7. The molecule has 4 aliphatic rings. The van der Waals surface area contributed by atoms with Crippen molar-refractivity contribution < 1.29 is 34.2 Å². The summed E-state index contributed by atoms with van der Waals surface area (Å²) in [7, 11) is 5.52. The molecule has 54 heavy (non-hydrogen) atoms. The summed E-state index contributed by atoms with van der Waals surface area (Å²) in [4.78, 5) is 48.5. The predicted molar refractivity (Wildman–Crippen MR) is 210 cm³/mol. The fourth-order valence-electron chi connectivity index (χ4n) is 9.48. The Kier molecular flexibility index (Phi) is 13.2. The van der Waals surface area contributed by atoms with Crippen molar-refractivity contribution in [3.63, 3.8) is 0 Å². The van der Waals surface area contributed by atoms with Gasteiger partial charge in [0.25, 0.3) is 5.91 Å². The average Bonchev–Trinajstić information content (AvgIpc) is 3.46. The minimum Gasteiger partial charge on any atom is -0.496 e. The second-order valence-electron chi connectivity index (χ2n) is 17.3.